The van der Waals surface area contributed by atoms with Crippen LogP contribution in [0.3, 0.4) is 0 Å². The predicted octanol–water partition coefficient (Wildman–Crippen LogP) is 2.28. The molecule has 0 aliphatic heterocycles. The zero-order valence-corrected chi connectivity index (χ0v) is 13.2. The van der Waals surface area contributed by atoms with E-state index in [1.54, 1.807) is 0 Å². The molecule has 2 fully saturated rings. The first-order valence-electron chi connectivity index (χ1n) is 7.88. The van der Waals surface area contributed by atoms with Crippen molar-refractivity contribution in [1.29, 1.82) is 0 Å². The first-order valence-corrected chi connectivity index (χ1v) is 7.88. The number of aromatic hydroxyl groups is 2. The number of amides is 1. The fourth-order valence-electron chi connectivity index (χ4n) is 3.92. The molecule has 2 saturated carbocycles. The summed E-state index contributed by atoms with van der Waals surface area (Å²) in [6.45, 7) is 2.12. The summed E-state index contributed by atoms with van der Waals surface area (Å²) in [6.07, 6.45) is 5.53. The van der Waals surface area contributed by atoms with Crippen LogP contribution in [0.15, 0.2) is 17.2 Å². The van der Waals surface area contributed by atoms with Crippen molar-refractivity contribution in [3.63, 3.8) is 0 Å². The van der Waals surface area contributed by atoms with Gasteiger partial charge in [0.15, 0.2) is 5.75 Å². The lowest BCUT2D eigenvalue weighted by molar-refractivity contribution is -0.385. The van der Waals surface area contributed by atoms with E-state index in [0.717, 1.165) is 44.0 Å². The number of carbonyl (C=O) groups is 1. The molecule has 3 atom stereocenters. The highest BCUT2D eigenvalue weighted by Gasteiger charge is 2.64. The largest absolute Gasteiger partial charge is 0.507 e. The standard InChI is InChI=1S/C16H19N3O5/c1-16-5-3-2-4-10(16)14(16)15(22)18-17-8-9-6-11(19(23)24)13(21)7-12(9)20/h6-8,10,14,20-21H,2-5H2,1H3,(H,18,22)/b17-8+. The fourth-order valence-corrected chi connectivity index (χ4v) is 3.92. The maximum absolute atomic E-state index is 12.2. The van der Waals surface area contributed by atoms with Gasteiger partial charge in [0.25, 0.3) is 0 Å². The zero-order valence-electron chi connectivity index (χ0n) is 13.2. The average molecular weight is 333 g/mol. The highest BCUT2D eigenvalue weighted by atomic mass is 16.6. The molecule has 24 heavy (non-hydrogen) atoms. The predicted molar refractivity (Wildman–Crippen MR) is 85.7 cm³/mol. The molecule has 8 heteroatoms. The van der Waals surface area contributed by atoms with Gasteiger partial charge in [0.1, 0.15) is 5.75 Å². The van der Waals surface area contributed by atoms with Crippen LogP contribution in [-0.2, 0) is 4.79 Å². The number of hydrazone groups is 1. The summed E-state index contributed by atoms with van der Waals surface area (Å²) in [6, 6.07) is 1.87. The van der Waals surface area contributed by atoms with E-state index in [9.17, 15) is 25.1 Å². The Hall–Kier alpha value is -2.64. The molecule has 1 aromatic rings. The molecule has 0 aromatic heterocycles. The molecule has 0 heterocycles. The normalized spacial score (nSPS) is 28.4. The number of nitro groups is 1. The lowest BCUT2D eigenvalue weighted by Gasteiger charge is -2.15. The highest BCUT2D eigenvalue weighted by molar-refractivity contribution is 5.88. The molecular weight excluding hydrogens is 314 g/mol. The summed E-state index contributed by atoms with van der Waals surface area (Å²) in [4.78, 5) is 22.3. The van der Waals surface area contributed by atoms with E-state index in [2.05, 4.69) is 17.5 Å². The van der Waals surface area contributed by atoms with Gasteiger partial charge < -0.3 is 10.2 Å². The van der Waals surface area contributed by atoms with Crippen LogP contribution in [0.1, 0.15) is 38.2 Å². The molecule has 8 nitrogen and oxygen atoms in total. The second kappa shape index (κ2) is 5.77. The van der Waals surface area contributed by atoms with Crippen molar-refractivity contribution in [3.8, 4) is 11.5 Å². The van der Waals surface area contributed by atoms with Gasteiger partial charge in [0.2, 0.25) is 5.91 Å². The minimum atomic E-state index is -0.763. The Bertz CT molecular complexity index is 733. The van der Waals surface area contributed by atoms with Gasteiger partial charge in [-0.2, -0.15) is 5.10 Å². The van der Waals surface area contributed by atoms with E-state index in [-0.39, 0.29) is 28.6 Å². The first kappa shape index (κ1) is 16.2. The fraction of sp³-hybridized carbons (Fsp3) is 0.500. The highest BCUT2D eigenvalue weighted by Crippen LogP contribution is 2.66. The number of carbonyl (C=O) groups excluding carboxylic acids is 1. The number of hydrogen-bond acceptors (Lipinski definition) is 6. The third-order valence-electron chi connectivity index (χ3n) is 5.31. The minimum Gasteiger partial charge on any atom is -0.507 e. The van der Waals surface area contributed by atoms with Crippen molar-refractivity contribution in [2.24, 2.45) is 22.4 Å². The van der Waals surface area contributed by atoms with Crippen LogP contribution >= 0.6 is 0 Å². The Labute approximate surface area is 138 Å². The van der Waals surface area contributed by atoms with Gasteiger partial charge in [0.05, 0.1) is 11.1 Å². The van der Waals surface area contributed by atoms with Gasteiger partial charge in [-0.25, -0.2) is 5.43 Å². The lowest BCUT2D eigenvalue weighted by atomic mass is 9.90. The van der Waals surface area contributed by atoms with E-state index in [1.807, 2.05) is 0 Å². The Morgan fingerprint density at radius 3 is 2.79 bits per heavy atom. The molecule has 1 amide bonds. The average Bonchev–Trinajstić information content (AvgIpc) is 3.14. The van der Waals surface area contributed by atoms with E-state index < -0.39 is 16.4 Å². The number of nitro benzene ring substituents is 1. The second-order valence-electron chi connectivity index (χ2n) is 6.73. The van der Waals surface area contributed by atoms with Gasteiger partial charge in [-0.3, -0.25) is 14.9 Å². The summed E-state index contributed by atoms with van der Waals surface area (Å²) in [5.74, 6) is -0.783. The Balaban J connectivity index is 1.68. The third-order valence-corrected chi connectivity index (χ3v) is 5.31. The maximum Gasteiger partial charge on any atom is 0.311 e. The van der Waals surface area contributed by atoms with Crippen LogP contribution in [0.5, 0.6) is 11.5 Å². The topological polar surface area (TPSA) is 125 Å². The molecule has 1 aromatic carbocycles. The van der Waals surface area contributed by atoms with Crippen LogP contribution in [0, 0.1) is 27.4 Å². The number of hydrogen-bond donors (Lipinski definition) is 3. The monoisotopic (exact) mass is 333 g/mol. The van der Waals surface area contributed by atoms with Crippen LogP contribution < -0.4 is 5.43 Å². The second-order valence-corrected chi connectivity index (χ2v) is 6.73. The van der Waals surface area contributed by atoms with E-state index in [0.29, 0.717) is 5.92 Å². The number of nitrogens with one attached hydrogen (secondary N) is 1. The maximum atomic E-state index is 12.2. The molecule has 3 unspecified atom stereocenters. The number of phenolic OH excluding ortho intramolecular Hbond substituents is 2. The first-order chi connectivity index (χ1) is 11.3. The third kappa shape index (κ3) is 2.68. The SMILES string of the molecule is CC12CCCCC1C2C(=O)N/N=C/c1cc([N+](=O)[O-])c(O)cc1O. The smallest absolute Gasteiger partial charge is 0.311 e. The molecule has 2 aliphatic rings. The summed E-state index contributed by atoms with van der Waals surface area (Å²) >= 11 is 0. The summed E-state index contributed by atoms with van der Waals surface area (Å²) in [5.41, 5.74) is 2.02. The minimum absolute atomic E-state index is 0.0409. The number of nitrogens with zero attached hydrogens (tertiary/aromatic N) is 2. The quantitative estimate of drug-likeness (QED) is 0.443. The Morgan fingerprint density at radius 2 is 2.17 bits per heavy atom. The number of benzene rings is 1. The molecule has 128 valence electrons. The molecule has 3 N–H and O–H groups in total. The van der Waals surface area contributed by atoms with Crippen molar-refractivity contribution in [2.75, 3.05) is 0 Å². The molecule has 0 saturated heterocycles. The molecular formula is C16H19N3O5. The molecule has 0 spiro atoms. The van der Waals surface area contributed by atoms with Crippen molar-refractivity contribution in [3.05, 3.63) is 27.8 Å². The van der Waals surface area contributed by atoms with Crippen molar-refractivity contribution in [1.82, 2.24) is 5.43 Å². The van der Waals surface area contributed by atoms with Gasteiger partial charge in [0, 0.05) is 23.6 Å². The molecule has 0 radical (unpaired) electrons. The summed E-state index contributed by atoms with van der Waals surface area (Å²) in [7, 11) is 0. The Kier molecular flexibility index (Phi) is 3.90. The molecule has 3 rings (SSSR count). The molecule has 2 aliphatic carbocycles. The zero-order chi connectivity index (χ0) is 17.5. The van der Waals surface area contributed by atoms with Crippen molar-refractivity contribution in [2.45, 2.75) is 32.6 Å². The Morgan fingerprint density at radius 1 is 1.42 bits per heavy atom. The van der Waals surface area contributed by atoms with Crippen molar-refractivity contribution < 1.29 is 19.9 Å². The van der Waals surface area contributed by atoms with Crippen LogP contribution in [0.25, 0.3) is 0 Å². The van der Waals surface area contributed by atoms with Crippen molar-refractivity contribution >= 4 is 17.8 Å². The van der Waals surface area contributed by atoms with E-state index >= 15 is 0 Å². The number of rotatable bonds is 4. The lowest BCUT2D eigenvalue weighted by Crippen LogP contribution is -2.22. The number of fused-ring (bicyclic) bond motifs is 1. The van der Waals surface area contributed by atoms with E-state index in [4.69, 9.17) is 0 Å². The van der Waals surface area contributed by atoms with Gasteiger partial charge in [-0.15, -0.1) is 0 Å². The summed E-state index contributed by atoms with van der Waals surface area (Å²) in [5, 5.41) is 33.7. The van der Waals surface area contributed by atoms with Gasteiger partial charge in [-0.1, -0.05) is 19.8 Å². The van der Waals surface area contributed by atoms with E-state index in [1.165, 1.54) is 0 Å². The number of phenols is 2. The van der Waals surface area contributed by atoms with Crippen LogP contribution in [0.4, 0.5) is 5.69 Å². The van der Waals surface area contributed by atoms with Crippen LogP contribution in [0.2, 0.25) is 0 Å². The van der Waals surface area contributed by atoms with Gasteiger partial charge in [-0.05, 0) is 24.2 Å². The van der Waals surface area contributed by atoms with Gasteiger partial charge >= 0.3 is 5.69 Å². The molecule has 0 bridgehead atoms. The van der Waals surface area contributed by atoms with Crippen LogP contribution in [-0.4, -0.2) is 27.3 Å². The summed E-state index contributed by atoms with van der Waals surface area (Å²) < 4.78 is 0.